The van der Waals surface area contributed by atoms with E-state index in [2.05, 4.69) is 0 Å². The number of rotatable bonds is 4. The Morgan fingerprint density at radius 2 is 2.38 bits per heavy atom. The van der Waals surface area contributed by atoms with Gasteiger partial charge in [0, 0.05) is 13.1 Å². The quantitative estimate of drug-likeness (QED) is 0.768. The molecule has 4 heteroatoms. The number of likely N-dealkylation sites (tertiary alicyclic amines) is 1. The Labute approximate surface area is 95.0 Å². The third-order valence-electron chi connectivity index (χ3n) is 2.91. The molecular weight excluding hydrogens is 204 g/mol. The Balaban J connectivity index is 2.15. The van der Waals surface area contributed by atoms with Crippen molar-refractivity contribution in [1.29, 1.82) is 0 Å². The largest absolute Gasteiger partial charge is 0.497 e. The summed E-state index contributed by atoms with van der Waals surface area (Å²) in [6, 6.07) is 8.00. The average Bonchev–Trinajstić information content (AvgIpc) is 2.33. The summed E-state index contributed by atoms with van der Waals surface area (Å²) >= 11 is 0. The molecule has 1 heterocycles. The third-order valence-corrected chi connectivity index (χ3v) is 2.91. The standard InChI is InChI=1S/C12H16N2O2/c1-16-10-4-2-3-9(7-10)11-8-12(15)14(11)6-5-13/h2-4,7,11H,5-6,8,13H2,1H3. The van der Waals surface area contributed by atoms with Crippen molar-refractivity contribution in [2.45, 2.75) is 12.5 Å². The van der Waals surface area contributed by atoms with Crippen LogP contribution in [0.1, 0.15) is 18.0 Å². The maximum atomic E-state index is 11.4. The lowest BCUT2D eigenvalue weighted by Gasteiger charge is -2.40. The molecule has 2 N–H and O–H groups in total. The number of carbonyl (C=O) groups excluding carboxylic acids is 1. The molecule has 0 aliphatic carbocycles. The monoisotopic (exact) mass is 220 g/mol. The van der Waals surface area contributed by atoms with Crippen molar-refractivity contribution >= 4 is 5.91 Å². The van der Waals surface area contributed by atoms with Gasteiger partial charge in [0.25, 0.3) is 0 Å². The molecule has 1 unspecified atom stereocenters. The molecule has 0 saturated carbocycles. The summed E-state index contributed by atoms with van der Waals surface area (Å²) in [5.74, 6) is 1.00. The number of nitrogens with two attached hydrogens (primary N) is 1. The third kappa shape index (κ3) is 1.88. The highest BCUT2D eigenvalue weighted by molar-refractivity contribution is 5.83. The van der Waals surface area contributed by atoms with Crippen LogP contribution in [0.2, 0.25) is 0 Å². The molecule has 0 aromatic heterocycles. The summed E-state index contributed by atoms with van der Waals surface area (Å²) in [4.78, 5) is 13.2. The van der Waals surface area contributed by atoms with E-state index in [1.54, 1.807) is 7.11 Å². The summed E-state index contributed by atoms with van der Waals surface area (Å²) in [6.45, 7) is 1.13. The van der Waals surface area contributed by atoms with Crippen molar-refractivity contribution in [1.82, 2.24) is 4.90 Å². The summed E-state index contributed by atoms with van der Waals surface area (Å²) < 4.78 is 5.17. The van der Waals surface area contributed by atoms with Gasteiger partial charge in [-0.3, -0.25) is 4.79 Å². The van der Waals surface area contributed by atoms with E-state index in [-0.39, 0.29) is 11.9 Å². The fourth-order valence-electron chi connectivity index (χ4n) is 2.02. The zero-order valence-electron chi connectivity index (χ0n) is 9.35. The van der Waals surface area contributed by atoms with Gasteiger partial charge in [0.05, 0.1) is 19.6 Å². The topological polar surface area (TPSA) is 55.6 Å². The molecule has 0 spiro atoms. The van der Waals surface area contributed by atoms with Crippen molar-refractivity contribution in [2.24, 2.45) is 5.73 Å². The van der Waals surface area contributed by atoms with E-state index in [0.29, 0.717) is 19.5 Å². The van der Waals surface area contributed by atoms with Gasteiger partial charge in [-0.25, -0.2) is 0 Å². The highest BCUT2D eigenvalue weighted by atomic mass is 16.5. The molecule has 1 amide bonds. The summed E-state index contributed by atoms with van der Waals surface area (Å²) in [6.07, 6.45) is 0.577. The Morgan fingerprint density at radius 3 is 3.00 bits per heavy atom. The van der Waals surface area contributed by atoms with Crippen LogP contribution < -0.4 is 10.5 Å². The van der Waals surface area contributed by atoms with Crippen molar-refractivity contribution in [3.8, 4) is 5.75 Å². The van der Waals surface area contributed by atoms with Crippen molar-refractivity contribution in [3.05, 3.63) is 29.8 Å². The van der Waals surface area contributed by atoms with Crippen LogP contribution in [0.4, 0.5) is 0 Å². The molecular formula is C12H16N2O2. The second-order valence-corrected chi connectivity index (χ2v) is 3.87. The van der Waals surface area contributed by atoms with E-state index in [9.17, 15) is 4.79 Å². The molecule has 1 aliphatic rings. The Hall–Kier alpha value is -1.55. The van der Waals surface area contributed by atoms with Gasteiger partial charge >= 0.3 is 0 Å². The Kier molecular flexibility index (Phi) is 3.10. The molecule has 1 saturated heterocycles. The van der Waals surface area contributed by atoms with Crippen LogP contribution in [-0.4, -0.2) is 31.0 Å². The highest BCUT2D eigenvalue weighted by Gasteiger charge is 2.36. The first-order valence-corrected chi connectivity index (χ1v) is 5.39. The molecule has 1 fully saturated rings. The van der Waals surface area contributed by atoms with Gasteiger partial charge in [0.2, 0.25) is 5.91 Å². The fourth-order valence-corrected chi connectivity index (χ4v) is 2.02. The number of nitrogens with zero attached hydrogens (tertiary/aromatic N) is 1. The van der Waals surface area contributed by atoms with Gasteiger partial charge < -0.3 is 15.4 Å². The maximum Gasteiger partial charge on any atom is 0.225 e. The normalized spacial score (nSPS) is 19.5. The minimum Gasteiger partial charge on any atom is -0.497 e. The number of benzene rings is 1. The highest BCUT2D eigenvalue weighted by Crippen LogP contribution is 2.35. The summed E-state index contributed by atoms with van der Waals surface area (Å²) in [5, 5.41) is 0. The molecule has 4 nitrogen and oxygen atoms in total. The predicted octanol–water partition coefficient (Wildman–Crippen LogP) is 0.927. The van der Waals surface area contributed by atoms with Gasteiger partial charge in [-0.2, -0.15) is 0 Å². The van der Waals surface area contributed by atoms with Crippen LogP contribution in [0, 0.1) is 0 Å². The van der Waals surface area contributed by atoms with Crippen LogP contribution >= 0.6 is 0 Å². The van der Waals surface area contributed by atoms with Crippen molar-refractivity contribution < 1.29 is 9.53 Å². The number of hydrogen-bond acceptors (Lipinski definition) is 3. The predicted molar refractivity (Wildman–Crippen MR) is 61.1 cm³/mol. The summed E-state index contributed by atoms with van der Waals surface area (Å²) in [7, 11) is 1.64. The number of amides is 1. The van der Waals surface area contributed by atoms with Crippen molar-refractivity contribution in [3.63, 3.8) is 0 Å². The van der Waals surface area contributed by atoms with E-state index in [4.69, 9.17) is 10.5 Å². The van der Waals surface area contributed by atoms with E-state index in [0.717, 1.165) is 11.3 Å². The number of carbonyl (C=O) groups is 1. The Morgan fingerprint density at radius 1 is 1.56 bits per heavy atom. The molecule has 2 rings (SSSR count). The zero-order chi connectivity index (χ0) is 11.5. The fraction of sp³-hybridized carbons (Fsp3) is 0.417. The number of hydrogen-bond donors (Lipinski definition) is 1. The zero-order valence-corrected chi connectivity index (χ0v) is 9.35. The lowest BCUT2D eigenvalue weighted by atomic mass is 9.94. The molecule has 16 heavy (non-hydrogen) atoms. The molecule has 1 aromatic rings. The molecule has 0 bridgehead atoms. The van der Waals surface area contributed by atoms with Crippen LogP contribution in [-0.2, 0) is 4.79 Å². The molecule has 1 aromatic carbocycles. The van der Waals surface area contributed by atoms with Crippen molar-refractivity contribution in [2.75, 3.05) is 20.2 Å². The van der Waals surface area contributed by atoms with E-state index >= 15 is 0 Å². The SMILES string of the molecule is COc1cccc(C2CC(=O)N2CCN)c1. The van der Waals surface area contributed by atoms with Crippen LogP contribution in [0.15, 0.2) is 24.3 Å². The van der Waals surface area contributed by atoms with Gasteiger partial charge in [0.15, 0.2) is 0 Å². The van der Waals surface area contributed by atoms with Gasteiger partial charge in [-0.15, -0.1) is 0 Å². The first-order valence-electron chi connectivity index (χ1n) is 5.39. The first kappa shape index (κ1) is 11.0. The number of methoxy groups -OCH3 is 1. The van der Waals surface area contributed by atoms with Gasteiger partial charge in [0.1, 0.15) is 5.75 Å². The lowest BCUT2D eigenvalue weighted by molar-refractivity contribution is -0.146. The number of β-lactam (4-membered cyclic amide) rings is 1. The van der Waals surface area contributed by atoms with Crippen LogP contribution in [0.5, 0.6) is 5.75 Å². The maximum absolute atomic E-state index is 11.4. The lowest BCUT2D eigenvalue weighted by Crippen LogP contribution is -2.48. The van der Waals surface area contributed by atoms with Crippen LogP contribution in [0.3, 0.4) is 0 Å². The molecule has 1 aliphatic heterocycles. The van der Waals surface area contributed by atoms with Gasteiger partial charge in [-0.05, 0) is 17.7 Å². The van der Waals surface area contributed by atoms with E-state index in [1.165, 1.54) is 0 Å². The smallest absolute Gasteiger partial charge is 0.225 e. The van der Waals surface area contributed by atoms with E-state index < -0.39 is 0 Å². The second kappa shape index (κ2) is 4.53. The minimum absolute atomic E-state index is 0.172. The molecule has 86 valence electrons. The first-order chi connectivity index (χ1) is 7.76. The summed E-state index contributed by atoms with van der Waals surface area (Å²) in [5.41, 5.74) is 6.60. The van der Waals surface area contributed by atoms with Gasteiger partial charge in [-0.1, -0.05) is 12.1 Å². The Bertz CT molecular complexity index is 392. The minimum atomic E-state index is 0.172. The number of ether oxygens (including phenoxy) is 1. The average molecular weight is 220 g/mol. The van der Waals surface area contributed by atoms with Crippen LogP contribution in [0.25, 0.3) is 0 Å². The second-order valence-electron chi connectivity index (χ2n) is 3.87. The molecule has 1 atom stereocenters. The van der Waals surface area contributed by atoms with E-state index in [1.807, 2.05) is 29.2 Å². The molecule has 0 radical (unpaired) electrons.